The van der Waals surface area contributed by atoms with Crippen LogP contribution < -0.4 is 11.1 Å². The van der Waals surface area contributed by atoms with Crippen molar-refractivity contribution in [2.24, 2.45) is 5.73 Å². The Labute approximate surface area is 185 Å². The minimum Gasteiger partial charge on any atom is -0.462 e. The predicted molar refractivity (Wildman–Crippen MR) is 119 cm³/mol. The Bertz CT molecular complexity index is 1110. The molecule has 0 spiro atoms. The number of benzene rings is 2. The maximum Gasteiger partial charge on any atom is 0.343 e. The molecule has 9 heteroatoms. The lowest BCUT2D eigenvalue weighted by molar-refractivity contribution is -0.117. The number of ether oxygens (including phenoxy) is 1. The summed E-state index contributed by atoms with van der Waals surface area (Å²) >= 11 is 0. The molecule has 0 radical (unpaired) electrons. The van der Waals surface area contributed by atoms with E-state index in [4.69, 9.17) is 10.5 Å². The van der Waals surface area contributed by atoms with Gasteiger partial charge in [-0.05, 0) is 43.8 Å². The van der Waals surface area contributed by atoms with Crippen LogP contribution in [-0.2, 0) is 16.1 Å². The molecule has 0 unspecified atom stereocenters. The number of esters is 1. The molecule has 3 aromatic rings. The third-order valence-corrected chi connectivity index (χ3v) is 4.60. The predicted octanol–water partition coefficient (Wildman–Crippen LogP) is 2.22. The number of hydrogen-bond donors (Lipinski definition) is 2. The largest absolute Gasteiger partial charge is 0.462 e. The molecule has 9 nitrogen and oxygen atoms in total. The first-order valence-electron chi connectivity index (χ1n) is 10.1. The van der Waals surface area contributed by atoms with Gasteiger partial charge in [-0.1, -0.05) is 30.3 Å². The molecule has 0 aliphatic rings. The van der Waals surface area contributed by atoms with Crippen LogP contribution in [0.1, 0.15) is 33.2 Å². The molecule has 0 aliphatic heterocycles. The second-order valence-corrected chi connectivity index (χ2v) is 7.16. The van der Waals surface area contributed by atoms with Crippen molar-refractivity contribution < 1.29 is 19.1 Å². The summed E-state index contributed by atoms with van der Waals surface area (Å²) in [5, 5.41) is 7.05. The first kappa shape index (κ1) is 22.7. The number of hydrogen-bond acceptors (Lipinski definition) is 6. The number of carbonyl (C=O) groups is 3. The van der Waals surface area contributed by atoms with Gasteiger partial charge in [-0.15, -0.1) is 0 Å². The van der Waals surface area contributed by atoms with Crippen LogP contribution in [0.4, 0.5) is 5.82 Å². The van der Waals surface area contributed by atoms with E-state index < -0.39 is 11.9 Å². The van der Waals surface area contributed by atoms with Gasteiger partial charge < -0.3 is 15.8 Å². The highest BCUT2D eigenvalue weighted by Gasteiger charge is 2.22. The van der Waals surface area contributed by atoms with Crippen LogP contribution in [0.3, 0.4) is 0 Å². The Morgan fingerprint density at radius 1 is 1.12 bits per heavy atom. The van der Waals surface area contributed by atoms with Gasteiger partial charge in [-0.3, -0.25) is 14.5 Å². The quantitative estimate of drug-likeness (QED) is 0.498. The highest BCUT2D eigenvalue weighted by Crippen LogP contribution is 2.21. The van der Waals surface area contributed by atoms with Crippen LogP contribution in [0.25, 0.3) is 5.69 Å². The normalized spacial score (nSPS) is 10.7. The van der Waals surface area contributed by atoms with Crippen LogP contribution >= 0.6 is 0 Å². The standard InChI is InChI=1S/C23H25N5O4/c1-3-32-23(31)19-13-25-28(18-10-5-4-6-11-18)22(19)26-20(29)15-27(2)14-16-8-7-9-17(12-16)21(24)30/h4-13H,3,14-15H2,1-2H3,(H2,24,30)(H,26,29). The number of rotatable bonds is 9. The lowest BCUT2D eigenvalue weighted by Crippen LogP contribution is -2.31. The topological polar surface area (TPSA) is 120 Å². The molecule has 1 aromatic heterocycles. The number of nitrogens with two attached hydrogens (primary N) is 1. The Hall–Kier alpha value is -3.98. The maximum absolute atomic E-state index is 12.8. The number of carbonyl (C=O) groups excluding carboxylic acids is 3. The highest BCUT2D eigenvalue weighted by molar-refractivity contribution is 6.01. The molecule has 3 rings (SSSR count). The summed E-state index contributed by atoms with van der Waals surface area (Å²) in [6.07, 6.45) is 1.37. The first-order valence-corrected chi connectivity index (χ1v) is 10.1. The molecule has 32 heavy (non-hydrogen) atoms. The van der Waals surface area contributed by atoms with Gasteiger partial charge in [0.2, 0.25) is 11.8 Å². The number of nitrogens with one attached hydrogen (secondary N) is 1. The van der Waals surface area contributed by atoms with E-state index in [1.165, 1.54) is 10.9 Å². The van der Waals surface area contributed by atoms with Gasteiger partial charge in [0.15, 0.2) is 5.82 Å². The highest BCUT2D eigenvalue weighted by atomic mass is 16.5. The molecule has 0 saturated heterocycles. The Balaban J connectivity index is 1.76. The minimum atomic E-state index is -0.568. The van der Waals surface area contributed by atoms with Gasteiger partial charge in [0.05, 0.1) is 25.0 Å². The Morgan fingerprint density at radius 3 is 2.56 bits per heavy atom. The molecule has 2 amide bonds. The van der Waals surface area contributed by atoms with E-state index in [2.05, 4.69) is 10.4 Å². The van der Waals surface area contributed by atoms with E-state index >= 15 is 0 Å². The lowest BCUT2D eigenvalue weighted by atomic mass is 10.1. The average molecular weight is 435 g/mol. The monoisotopic (exact) mass is 435 g/mol. The zero-order valence-electron chi connectivity index (χ0n) is 17.9. The molecule has 0 atom stereocenters. The number of nitrogens with zero attached hydrogens (tertiary/aromatic N) is 3. The van der Waals surface area contributed by atoms with Crippen LogP contribution in [0.15, 0.2) is 60.8 Å². The summed E-state index contributed by atoms with van der Waals surface area (Å²) in [7, 11) is 1.78. The van der Waals surface area contributed by atoms with Crippen molar-refractivity contribution in [3.63, 3.8) is 0 Å². The van der Waals surface area contributed by atoms with Crippen LogP contribution in [0.5, 0.6) is 0 Å². The third-order valence-electron chi connectivity index (χ3n) is 4.60. The summed E-state index contributed by atoms with van der Waals surface area (Å²) in [4.78, 5) is 38.3. The van der Waals surface area contributed by atoms with Gasteiger partial charge in [0, 0.05) is 12.1 Å². The van der Waals surface area contributed by atoms with Crippen LogP contribution in [0, 0.1) is 0 Å². The number of amides is 2. The summed E-state index contributed by atoms with van der Waals surface area (Å²) in [5.74, 6) is -1.17. The SMILES string of the molecule is CCOC(=O)c1cnn(-c2ccccc2)c1NC(=O)CN(C)Cc1cccc(C(N)=O)c1. The van der Waals surface area contributed by atoms with Gasteiger partial charge in [0.25, 0.3) is 0 Å². The number of aromatic nitrogens is 2. The van der Waals surface area contributed by atoms with Crippen molar-refractivity contribution in [1.29, 1.82) is 0 Å². The molecule has 0 saturated carbocycles. The maximum atomic E-state index is 12.8. The molecule has 166 valence electrons. The number of para-hydroxylation sites is 1. The number of likely N-dealkylation sites (N-methyl/N-ethyl adjacent to an activating group) is 1. The summed E-state index contributed by atoms with van der Waals surface area (Å²) in [6.45, 7) is 2.38. The van der Waals surface area contributed by atoms with Gasteiger partial charge in [-0.2, -0.15) is 5.10 Å². The second kappa shape index (κ2) is 10.4. The molecule has 1 heterocycles. The van der Waals surface area contributed by atoms with Crippen LogP contribution in [0.2, 0.25) is 0 Å². The van der Waals surface area contributed by atoms with E-state index in [0.717, 1.165) is 5.56 Å². The van der Waals surface area contributed by atoms with Gasteiger partial charge in [0.1, 0.15) is 5.56 Å². The zero-order valence-corrected chi connectivity index (χ0v) is 17.9. The molecule has 0 bridgehead atoms. The van der Waals surface area contributed by atoms with Crippen molar-refractivity contribution in [2.75, 3.05) is 25.5 Å². The van der Waals surface area contributed by atoms with Crippen molar-refractivity contribution in [3.05, 3.63) is 77.5 Å². The summed E-state index contributed by atoms with van der Waals surface area (Å²) in [6, 6.07) is 16.1. The molecule has 2 aromatic carbocycles. The van der Waals surface area contributed by atoms with E-state index in [9.17, 15) is 14.4 Å². The zero-order chi connectivity index (χ0) is 23.1. The molecule has 3 N–H and O–H groups in total. The van der Waals surface area contributed by atoms with Crippen molar-refractivity contribution >= 4 is 23.6 Å². The Kier molecular flexibility index (Phi) is 7.35. The lowest BCUT2D eigenvalue weighted by Gasteiger charge is -2.17. The smallest absolute Gasteiger partial charge is 0.343 e. The van der Waals surface area contributed by atoms with Crippen molar-refractivity contribution in [1.82, 2.24) is 14.7 Å². The molecular formula is C23H25N5O4. The molecular weight excluding hydrogens is 410 g/mol. The van der Waals surface area contributed by atoms with Crippen molar-refractivity contribution in [3.8, 4) is 5.69 Å². The summed E-state index contributed by atoms with van der Waals surface area (Å²) < 4.78 is 6.58. The second-order valence-electron chi connectivity index (χ2n) is 7.16. The van der Waals surface area contributed by atoms with Crippen molar-refractivity contribution in [2.45, 2.75) is 13.5 Å². The van der Waals surface area contributed by atoms with E-state index in [1.807, 2.05) is 36.4 Å². The van der Waals surface area contributed by atoms with Gasteiger partial charge in [-0.25, -0.2) is 9.48 Å². The Morgan fingerprint density at radius 2 is 1.88 bits per heavy atom. The molecule has 0 aliphatic carbocycles. The summed E-state index contributed by atoms with van der Waals surface area (Å²) in [5.41, 5.74) is 7.44. The first-order chi connectivity index (χ1) is 15.4. The minimum absolute atomic E-state index is 0.0447. The van der Waals surface area contributed by atoms with E-state index in [0.29, 0.717) is 17.8 Å². The van der Waals surface area contributed by atoms with Gasteiger partial charge >= 0.3 is 5.97 Å². The fourth-order valence-corrected chi connectivity index (χ4v) is 3.20. The van der Waals surface area contributed by atoms with E-state index in [1.54, 1.807) is 37.1 Å². The fraction of sp³-hybridized carbons (Fsp3) is 0.217. The van der Waals surface area contributed by atoms with E-state index in [-0.39, 0.29) is 30.4 Å². The number of primary amides is 1. The number of anilines is 1. The average Bonchev–Trinajstić information content (AvgIpc) is 3.18. The molecule has 0 fully saturated rings. The van der Waals surface area contributed by atoms with Crippen LogP contribution in [-0.4, -0.2) is 52.7 Å². The third kappa shape index (κ3) is 5.58. The fourth-order valence-electron chi connectivity index (χ4n) is 3.20.